The molecule has 1 aliphatic carbocycles. The summed E-state index contributed by atoms with van der Waals surface area (Å²) < 4.78 is 16.2. The van der Waals surface area contributed by atoms with Crippen LogP contribution in [0.5, 0.6) is 0 Å². The molecular formula is C26H40O6. The molecule has 0 saturated carbocycles. The smallest absolute Gasteiger partial charge is 0.303 e. The number of hydrogen-bond donors (Lipinski definition) is 1. The lowest BCUT2D eigenvalue weighted by Crippen LogP contribution is -2.42. The Morgan fingerprint density at radius 1 is 1.06 bits per heavy atom. The molecule has 180 valence electrons. The van der Waals surface area contributed by atoms with Gasteiger partial charge in [0.2, 0.25) is 11.5 Å². The molecular weight excluding hydrogens is 408 g/mol. The van der Waals surface area contributed by atoms with Crippen LogP contribution in [0.15, 0.2) is 46.5 Å². The molecule has 0 aromatic rings. The number of methoxy groups -OCH3 is 2. The Kier molecular flexibility index (Phi) is 11.5. The molecule has 0 saturated heterocycles. The van der Waals surface area contributed by atoms with Crippen LogP contribution in [0.3, 0.4) is 0 Å². The van der Waals surface area contributed by atoms with Gasteiger partial charge in [0.1, 0.15) is 0 Å². The first-order valence-electron chi connectivity index (χ1n) is 11.2. The van der Waals surface area contributed by atoms with E-state index in [4.69, 9.17) is 14.2 Å². The number of Topliss-reactive ketones (excluding diaryl/α,β-unsaturated/α-hetero) is 1. The van der Waals surface area contributed by atoms with E-state index in [2.05, 4.69) is 19.1 Å². The van der Waals surface area contributed by atoms with Crippen molar-refractivity contribution >= 4 is 11.8 Å². The molecule has 1 rings (SSSR count). The molecule has 0 aromatic carbocycles. The summed E-state index contributed by atoms with van der Waals surface area (Å²) in [5, 5.41) is 10.0. The van der Waals surface area contributed by atoms with Gasteiger partial charge in [-0.25, -0.2) is 0 Å². The highest BCUT2D eigenvalue weighted by Crippen LogP contribution is 2.37. The summed E-state index contributed by atoms with van der Waals surface area (Å²) in [7, 11) is 2.87. The highest BCUT2D eigenvalue weighted by molar-refractivity contribution is 5.97. The Morgan fingerprint density at radius 2 is 1.72 bits per heavy atom. The van der Waals surface area contributed by atoms with Crippen LogP contribution in [-0.2, 0) is 23.8 Å². The van der Waals surface area contributed by atoms with Gasteiger partial charge in [0.15, 0.2) is 11.9 Å². The van der Waals surface area contributed by atoms with E-state index in [1.165, 1.54) is 26.7 Å². The Bertz CT molecular complexity index is 782. The lowest BCUT2D eigenvalue weighted by atomic mass is 9.77. The maximum absolute atomic E-state index is 12.8. The minimum Gasteiger partial charge on any atom is -0.493 e. The quantitative estimate of drug-likeness (QED) is 0.352. The van der Waals surface area contributed by atoms with Crippen molar-refractivity contribution in [3.05, 3.63) is 46.5 Å². The molecule has 32 heavy (non-hydrogen) atoms. The highest BCUT2D eigenvalue weighted by atomic mass is 16.6. The van der Waals surface area contributed by atoms with E-state index in [1.807, 2.05) is 33.8 Å². The number of carbonyl (C=O) groups is 2. The first-order valence-corrected chi connectivity index (χ1v) is 11.2. The monoisotopic (exact) mass is 448 g/mol. The summed E-state index contributed by atoms with van der Waals surface area (Å²) in [5.74, 6) is -0.766. The maximum Gasteiger partial charge on any atom is 0.303 e. The van der Waals surface area contributed by atoms with Gasteiger partial charge in [0, 0.05) is 18.8 Å². The van der Waals surface area contributed by atoms with Gasteiger partial charge >= 0.3 is 5.97 Å². The van der Waals surface area contributed by atoms with Crippen molar-refractivity contribution < 1.29 is 28.9 Å². The summed E-state index contributed by atoms with van der Waals surface area (Å²) in [5.41, 5.74) is 3.46. The van der Waals surface area contributed by atoms with Crippen LogP contribution in [0, 0.1) is 11.8 Å². The third-order valence-corrected chi connectivity index (χ3v) is 5.69. The van der Waals surface area contributed by atoms with E-state index in [0.717, 1.165) is 24.0 Å². The Morgan fingerprint density at radius 3 is 2.25 bits per heavy atom. The number of aliphatic hydroxyl groups excluding tert-OH is 1. The van der Waals surface area contributed by atoms with Gasteiger partial charge in [-0.1, -0.05) is 41.9 Å². The van der Waals surface area contributed by atoms with E-state index in [9.17, 15) is 14.7 Å². The first-order chi connectivity index (χ1) is 15.0. The van der Waals surface area contributed by atoms with Gasteiger partial charge in [-0.3, -0.25) is 9.59 Å². The molecule has 6 heteroatoms. The van der Waals surface area contributed by atoms with Gasteiger partial charge in [-0.15, -0.1) is 0 Å². The minimum atomic E-state index is -0.664. The van der Waals surface area contributed by atoms with Crippen LogP contribution in [0.25, 0.3) is 0 Å². The number of hydrogen-bond acceptors (Lipinski definition) is 6. The summed E-state index contributed by atoms with van der Waals surface area (Å²) in [6.45, 7) is 11.2. The number of ketones is 1. The van der Waals surface area contributed by atoms with E-state index >= 15 is 0 Å². The molecule has 0 aliphatic heterocycles. The molecule has 0 aromatic heterocycles. The summed E-state index contributed by atoms with van der Waals surface area (Å²) in [4.78, 5) is 24.5. The van der Waals surface area contributed by atoms with Gasteiger partial charge in [-0.05, 0) is 53.4 Å². The number of carbonyl (C=O) groups excluding carboxylic acids is 2. The number of esters is 1. The first kappa shape index (κ1) is 27.7. The second kappa shape index (κ2) is 13.3. The van der Waals surface area contributed by atoms with Crippen LogP contribution in [0.1, 0.15) is 67.2 Å². The molecule has 6 nitrogen and oxygen atoms in total. The van der Waals surface area contributed by atoms with E-state index in [-0.39, 0.29) is 29.1 Å². The van der Waals surface area contributed by atoms with Crippen molar-refractivity contribution in [1.82, 2.24) is 0 Å². The van der Waals surface area contributed by atoms with Crippen molar-refractivity contribution in [1.29, 1.82) is 0 Å². The predicted octanol–water partition coefficient (Wildman–Crippen LogP) is 5.04. The lowest BCUT2D eigenvalue weighted by molar-refractivity contribution is -0.153. The molecule has 0 fully saturated rings. The van der Waals surface area contributed by atoms with Crippen LogP contribution in [-0.4, -0.2) is 43.3 Å². The van der Waals surface area contributed by atoms with Crippen molar-refractivity contribution in [2.45, 2.75) is 79.4 Å². The zero-order chi connectivity index (χ0) is 24.4. The molecule has 0 bridgehead atoms. The molecule has 1 unspecified atom stereocenters. The zero-order valence-corrected chi connectivity index (χ0v) is 20.9. The molecule has 0 radical (unpaired) electrons. The number of aliphatic hydroxyl groups is 1. The Balaban J connectivity index is 2.86. The average molecular weight is 449 g/mol. The second-order valence-corrected chi connectivity index (χ2v) is 8.84. The molecule has 4 atom stereocenters. The standard InChI is InChI=1S/C26H40O6/c1-16(2)14-21(28)15-18(4)11-9-10-17(3)12-13-22-19(5)23(29)25(30-7)26(31-8)24(22)32-20(6)27/h11-12,14,19,21-22,24,28H,9-10,13,15H2,1-8H3/b17-12+,18-11+/t19-,21?,22-,24-/m1/s1. The highest BCUT2D eigenvalue weighted by Gasteiger charge is 2.44. The van der Waals surface area contributed by atoms with Gasteiger partial charge in [0.25, 0.3) is 0 Å². The predicted molar refractivity (Wildman–Crippen MR) is 126 cm³/mol. The van der Waals surface area contributed by atoms with Crippen molar-refractivity contribution in [3.8, 4) is 0 Å². The van der Waals surface area contributed by atoms with Crippen LogP contribution < -0.4 is 0 Å². The fourth-order valence-corrected chi connectivity index (χ4v) is 4.01. The maximum atomic E-state index is 12.8. The third kappa shape index (κ3) is 8.30. The summed E-state index contributed by atoms with van der Waals surface area (Å²) in [6, 6.07) is 0. The van der Waals surface area contributed by atoms with Crippen molar-refractivity contribution in [3.63, 3.8) is 0 Å². The van der Waals surface area contributed by atoms with E-state index in [0.29, 0.717) is 12.8 Å². The molecule has 1 aliphatic rings. The SMILES string of the molecule is COC1=C(OC)[C@H](OC(C)=O)[C@H](C/C=C(\C)CC/C=C(\C)CC(O)C=C(C)C)[C@@H](C)C1=O. The molecule has 0 amide bonds. The van der Waals surface area contributed by atoms with Gasteiger partial charge in [-0.2, -0.15) is 0 Å². The van der Waals surface area contributed by atoms with E-state index in [1.54, 1.807) is 0 Å². The average Bonchev–Trinajstić information content (AvgIpc) is 2.68. The number of rotatable bonds is 11. The Hall–Kier alpha value is -2.34. The van der Waals surface area contributed by atoms with Gasteiger partial charge in [0.05, 0.1) is 20.3 Å². The van der Waals surface area contributed by atoms with Crippen molar-refractivity contribution in [2.24, 2.45) is 11.8 Å². The normalized spacial score (nSPS) is 23.0. The van der Waals surface area contributed by atoms with Crippen molar-refractivity contribution in [2.75, 3.05) is 14.2 Å². The summed E-state index contributed by atoms with van der Waals surface area (Å²) >= 11 is 0. The number of ether oxygens (including phenoxy) is 3. The molecule has 0 heterocycles. The van der Waals surface area contributed by atoms with Gasteiger partial charge < -0.3 is 19.3 Å². The fourth-order valence-electron chi connectivity index (χ4n) is 4.01. The largest absolute Gasteiger partial charge is 0.493 e. The topological polar surface area (TPSA) is 82.1 Å². The number of allylic oxidation sites excluding steroid dienone is 5. The lowest BCUT2D eigenvalue weighted by Gasteiger charge is -2.35. The minimum absolute atomic E-state index is 0.124. The third-order valence-electron chi connectivity index (χ3n) is 5.69. The fraction of sp³-hybridized carbons (Fsp3) is 0.615. The second-order valence-electron chi connectivity index (χ2n) is 8.84. The van der Waals surface area contributed by atoms with Crippen LogP contribution in [0.4, 0.5) is 0 Å². The van der Waals surface area contributed by atoms with Crippen LogP contribution >= 0.6 is 0 Å². The van der Waals surface area contributed by atoms with E-state index < -0.39 is 18.2 Å². The summed E-state index contributed by atoms with van der Waals surface area (Å²) in [6.07, 6.45) is 7.99. The van der Waals surface area contributed by atoms with Crippen LogP contribution in [0.2, 0.25) is 0 Å². The zero-order valence-electron chi connectivity index (χ0n) is 20.9. The molecule has 0 spiro atoms. The molecule has 1 N–H and O–H groups in total. The Labute approximate surface area is 193 Å².